The van der Waals surface area contributed by atoms with Crippen LogP contribution in [0.5, 0.6) is 0 Å². The molecule has 0 fully saturated rings. The maximum absolute atomic E-state index is 11.2. The Labute approximate surface area is 90.7 Å². The van der Waals surface area contributed by atoms with Crippen LogP contribution >= 0.6 is 0 Å². The van der Waals surface area contributed by atoms with Crippen LogP contribution in [0.4, 0.5) is 0 Å². The lowest BCUT2D eigenvalue weighted by atomic mass is 10.1. The van der Waals surface area contributed by atoms with E-state index in [1.807, 2.05) is 20.8 Å². The van der Waals surface area contributed by atoms with Gasteiger partial charge in [0.15, 0.2) is 0 Å². The van der Waals surface area contributed by atoms with Crippen LogP contribution < -0.4 is 5.32 Å². The summed E-state index contributed by atoms with van der Waals surface area (Å²) >= 11 is 0. The second-order valence-corrected chi connectivity index (χ2v) is 4.56. The van der Waals surface area contributed by atoms with Gasteiger partial charge in [-0.15, -0.1) is 0 Å². The maximum Gasteiger partial charge on any atom is 0.331 e. The molecule has 0 aromatic rings. The normalized spacial score (nSPS) is 11.9. The van der Waals surface area contributed by atoms with Gasteiger partial charge < -0.3 is 10.1 Å². The highest BCUT2D eigenvalue weighted by atomic mass is 16.5. The Bertz CT molecular complexity index is 261. The van der Waals surface area contributed by atoms with E-state index in [4.69, 9.17) is 4.74 Å². The number of esters is 1. The summed E-state index contributed by atoms with van der Waals surface area (Å²) in [6.07, 6.45) is 2.13. The van der Waals surface area contributed by atoms with Gasteiger partial charge in [0.05, 0.1) is 6.10 Å². The van der Waals surface area contributed by atoms with E-state index in [1.54, 1.807) is 13.8 Å². The predicted octanol–water partition coefficient (Wildman–Crippen LogP) is 1.41. The van der Waals surface area contributed by atoms with Gasteiger partial charge in [-0.2, -0.15) is 0 Å². The van der Waals surface area contributed by atoms with Gasteiger partial charge in [0.1, 0.15) is 0 Å². The molecule has 0 heterocycles. The fourth-order valence-electron chi connectivity index (χ4n) is 0.827. The molecule has 0 spiro atoms. The number of amides is 1. The van der Waals surface area contributed by atoms with E-state index in [0.29, 0.717) is 0 Å². The highest BCUT2D eigenvalue weighted by Crippen LogP contribution is 1.98. The summed E-state index contributed by atoms with van der Waals surface area (Å²) in [5.41, 5.74) is -0.302. The Morgan fingerprint density at radius 2 is 1.73 bits per heavy atom. The van der Waals surface area contributed by atoms with Crippen LogP contribution in [0.25, 0.3) is 0 Å². The van der Waals surface area contributed by atoms with Gasteiger partial charge in [-0.05, 0) is 34.6 Å². The standard InChI is InChI=1S/C11H19NO3/c1-8(2)15-10(14)7-6-9(13)12-11(3,4)5/h6-8H,1-5H3,(H,12,13)/b7-6-. The van der Waals surface area contributed by atoms with Crippen molar-refractivity contribution in [3.05, 3.63) is 12.2 Å². The molecule has 1 N–H and O–H groups in total. The lowest BCUT2D eigenvalue weighted by Crippen LogP contribution is -2.39. The van der Waals surface area contributed by atoms with Crippen LogP contribution in [0.3, 0.4) is 0 Å². The molecular formula is C11H19NO3. The number of carbonyl (C=O) groups excluding carboxylic acids is 2. The van der Waals surface area contributed by atoms with Gasteiger partial charge in [-0.3, -0.25) is 4.79 Å². The second-order valence-electron chi connectivity index (χ2n) is 4.56. The Hall–Kier alpha value is -1.32. The van der Waals surface area contributed by atoms with Crippen LogP contribution in [0.15, 0.2) is 12.2 Å². The predicted molar refractivity (Wildman–Crippen MR) is 58.3 cm³/mol. The van der Waals surface area contributed by atoms with Crippen LogP contribution in [0.2, 0.25) is 0 Å². The van der Waals surface area contributed by atoms with Crippen LogP contribution in [0.1, 0.15) is 34.6 Å². The molecule has 1 amide bonds. The Balaban J connectivity index is 4.07. The Morgan fingerprint density at radius 1 is 1.20 bits per heavy atom. The zero-order valence-corrected chi connectivity index (χ0v) is 9.96. The molecule has 0 aromatic heterocycles. The summed E-state index contributed by atoms with van der Waals surface area (Å²) < 4.78 is 4.82. The number of carbonyl (C=O) groups is 2. The lowest BCUT2D eigenvalue weighted by Gasteiger charge is -2.18. The van der Waals surface area contributed by atoms with Crippen molar-refractivity contribution in [1.29, 1.82) is 0 Å². The highest BCUT2D eigenvalue weighted by Gasteiger charge is 2.11. The molecule has 0 saturated heterocycles. The lowest BCUT2D eigenvalue weighted by molar-refractivity contribution is -0.141. The fraction of sp³-hybridized carbons (Fsp3) is 0.636. The topological polar surface area (TPSA) is 55.4 Å². The third-order valence-electron chi connectivity index (χ3n) is 1.22. The molecule has 0 aliphatic heterocycles. The van der Waals surface area contributed by atoms with Crippen molar-refractivity contribution in [2.75, 3.05) is 0 Å². The number of hydrogen-bond donors (Lipinski definition) is 1. The van der Waals surface area contributed by atoms with Gasteiger partial charge in [0.2, 0.25) is 5.91 Å². The van der Waals surface area contributed by atoms with Gasteiger partial charge in [-0.25, -0.2) is 4.79 Å². The molecule has 0 radical (unpaired) electrons. The molecule has 0 aromatic carbocycles. The van der Waals surface area contributed by atoms with Crippen LogP contribution in [0, 0.1) is 0 Å². The molecule has 0 atom stereocenters. The van der Waals surface area contributed by atoms with Crippen molar-refractivity contribution >= 4 is 11.9 Å². The average molecular weight is 213 g/mol. The molecule has 15 heavy (non-hydrogen) atoms. The minimum absolute atomic E-state index is 0.173. The first-order valence-corrected chi connectivity index (χ1v) is 4.91. The molecule has 86 valence electrons. The number of ether oxygens (including phenoxy) is 1. The van der Waals surface area contributed by atoms with Crippen LogP contribution in [-0.2, 0) is 14.3 Å². The molecule has 0 rings (SSSR count). The molecule has 0 unspecified atom stereocenters. The molecule has 4 heteroatoms. The summed E-state index contributed by atoms with van der Waals surface area (Å²) in [6, 6.07) is 0. The van der Waals surface area contributed by atoms with Crippen molar-refractivity contribution in [2.24, 2.45) is 0 Å². The van der Waals surface area contributed by atoms with E-state index in [0.717, 1.165) is 6.08 Å². The monoisotopic (exact) mass is 213 g/mol. The summed E-state index contributed by atoms with van der Waals surface area (Å²) in [5, 5.41) is 2.69. The van der Waals surface area contributed by atoms with E-state index in [1.165, 1.54) is 6.08 Å². The van der Waals surface area contributed by atoms with Gasteiger partial charge in [0, 0.05) is 17.7 Å². The second kappa shape index (κ2) is 5.53. The zero-order valence-electron chi connectivity index (χ0n) is 9.96. The zero-order chi connectivity index (χ0) is 12.1. The van der Waals surface area contributed by atoms with Gasteiger partial charge >= 0.3 is 5.97 Å². The maximum atomic E-state index is 11.2. The Morgan fingerprint density at radius 3 is 2.13 bits per heavy atom. The minimum Gasteiger partial charge on any atom is -0.460 e. The third-order valence-corrected chi connectivity index (χ3v) is 1.22. The van der Waals surface area contributed by atoms with E-state index in [9.17, 15) is 9.59 Å². The van der Waals surface area contributed by atoms with E-state index in [2.05, 4.69) is 5.32 Å². The van der Waals surface area contributed by atoms with E-state index in [-0.39, 0.29) is 17.6 Å². The van der Waals surface area contributed by atoms with E-state index < -0.39 is 5.97 Å². The first-order valence-electron chi connectivity index (χ1n) is 4.91. The van der Waals surface area contributed by atoms with Crippen molar-refractivity contribution in [3.63, 3.8) is 0 Å². The summed E-state index contributed by atoms with van der Waals surface area (Å²) in [6.45, 7) is 9.10. The SMILES string of the molecule is CC(C)OC(=O)/C=C\C(=O)NC(C)(C)C. The average Bonchev–Trinajstić information content (AvgIpc) is 1.96. The fourth-order valence-corrected chi connectivity index (χ4v) is 0.827. The summed E-state index contributed by atoms with van der Waals surface area (Å²) in [7, 11) is 0. The molecule has 0 aliphatic rings. The van der Waals surface area contributed by atoms with Crippen molar-refractivity contribution < 1.29 is 14.3 Å². The van der Waals surface area contributed by atoms with Crippen molar-refractivity contribution in [2.45, 2.75) is 46.3 Å². The smallest absolute Gasteiger partial charge is 0.331 e. The molecular weight excluding hydrogens is 194 g/mol. The van der Waals surface area contributed by atoms with Crippen LogP contribution in [-0.4, -0.2) is 23.5 Å². The number of hydrogen-bond acceptors (Lipinski definition) is 3. The quantitative estimate of drug-likeness (QED) is 0.569. The third kappa shape index (κ3) is 9.00. The number of nitrogens with one attached hydrogen (secondary N) is 1. The summed E-state index contributed by atoms with van der Waals surface area (Å²) in [5.74, 6) is -0.808. The largest absolute Gasteiger partial charge is 0.460 e. The highest BCUT2D eigenvalue weighted by molar-refractivity contribution is 5.94. The molecule has 4 nitrogen and oxygen atoms in total. The van der Waals surface area contributed by atoms with E-state index >= 15 is 0 Å². The van der Waals surface area contributed by atoms with Crippen molar-refractivity contribution in [3.8, 4) is 0 Å². The first-order chi connectivity index (χ1) is 6.70. The molecule has 0 saturated carbocycles. The summed E-state index contributed by atoms with van der Waals surface area (Å²) in [4.78, 5) is 22.3. The van der Waals surface area contributed by atoms with Gasteiger partial charge in [-0.1, -0.05) is 0 Å². The Kier molecular flexibility index (Phi) is 5.05. The van der Waals surface area contributed by atoms with Crippen molar-refractivity contribution in [1.82, 2.24) is 5.32 Å². The first kappa shape index (κ1) is 13.7. The molecule has 0 aliphatic carbocycles. The van der Waals surface area contributed by atoms with Gasteiger partial charge in [0.25, 0.3) is 0 Å². The number of rotatable bonds is 3. The minimum atomic E-state index is -0.506. The molecule has 0 bridgehead atoms.